The first-order valence-electron chi connectivity index (χ1n) is 4.86. The molecule has 7 heteroatoms. The van der Waals surface area contributed by atoms with E-state index in [2.05, 4.69) is 17.1 Å². The summed E-state index contributed by atoms with van der Waals surface area (Å²) >= 11 is 12.0. The first-order valence-corrected chi connectivity index (χ1v) is 5.61. The van der Waals surface area contributed by atoms with Crippen LogP contribution in [0.15, 0.2) is 29.9 Å². The summed E-state index contributed by atoms with van der Waals surface area (Å²) in [6.07, 6.45) is 2.94. The summed E-state index contributed by atoms with van der Waals surface area (Å²) in [7, 11) is 0. The first-order chi connectivity index (χ1) is 8.54. The summed E-state index contributed by atoms with van der Waals surface area (Å²) < 4.78 is 5.30. The van der Waals surface area contributed by atoms with Crippen LogP contribution in [-0.2, 0) is 0 Å². The molecule has 96 valence electrons. The highest BCUT2D eigenvalue weighted by molar-refractivity contribution is 6.37. The molecule has 0 aromatic heterocycles. The molecule has 3 N–H and O–H groups in total. The van der Waals surface area contributed by atoms with Crippen LogP contribution in [0.5, 0.6) is 5.75 Å². The van der Waals surface area contributed by atoms with Gasteiger partial charge in [0.05, 0.1) is 16.3 Å². The van der Waals surface area contributed by atoms with Gasteiger partial charge in [-0.15, -0.1) is 0 Å². The minimum absolute atomic E-state index is 0.302. The van der Waals surface area contributed by atoms with Crippen LogP contribution in [0, 0.1) is 0 Å². The van der Waals surface area contributed by atoms with E-state index in [0.717, 1.165) is 0 Å². The second-order valence-electron chi connectivity index (χ2n) is 3.15. The lowest BCUT2D eigenvalue weighted by Crippen LogP contribution is -2.24. The summed E-state index contributed by atoms with van der Waals surface area (Å²) in [4.78, 5) is 10.4. The second-order valence-corrected chi connectivity index (χ2v) is 3.96. The van der Waals surface area contributed by atoms with Crippen LogP contribution in [-0.4, -0.2) is 18.9 Å². The van der Waals surface area contributed by atoms with Crippen molar-refractivity contribution in [2.45, 2.75) is 0 Å². The fourth-order valence-corrected chi connectivity index (χ4v) is 1.72. The van der Waals surface area contributed by atoms with Crippen molar-refractivity contribution >= 4 is 35.4 Å². The molecular weight excluding hydrogens is 277 g/mol. The number of nitrogens with two attached hydrogens (primary N) is 1. The van der Waals surface area contributed by atoms with Crippen LogP contribution in [0.4, 0.5) is 4.79 Å². The molecule has 0 spiro atoms. The third-order valence-electron chi connectivity index (χ3n) is 1.75. The molecule has 0 saturated heterocycles. The van der Waals surface area contributed by atoms with Gasteiger partial charge in [-0.25, -0.2) is 10.2 Å². The molecule has 0 aliphatic heterocycles. The van der Waals surface area contributed by atoms with Gasteiger partial charge in [0.1, 0.15) is 6.61 Å². The number of halogens is 2. The number of nitrogens with one attached hydrogen (secondary N) is 1. The van der Waals surface area contributed by atoms with Gasteiger partial charge >= 0.3 is 6.03 Å². The lowest BCUT2D eigenvalue weighted by Gasteiger charge is -2.08. The van der Waals surface area contributed by atoms with E-state index in [0.29, 0.717) is 28.0 Å². The van der Waals surface area contributed by atoms with Gasteiger partial charge < -0.3 is 10.5 Å². The molecule has 0 bridgehead atoms. The molecule has 1 aromatic carbocycles. The van der Waals surface area contributed by atoms with Gasteiger partial charge in [-0.2, -0.15) is 5.10 Å². The number of benzene rings is 1. The fraction of sp³-hybridized carbons (Fsp3) is 0.0909. The van der Waals surface area contributed by atoms with E-state index < -0.39 is 6.03 Å². The van der Waals surface area contributed by atoms with Crippen molar-refractivity contribution in [2.75, 3.05) is 6.61 Å². The molecule has 0 radical (unpaired) electrons. The summed E-state index contributed by atoms with van der Waals surface area (Å²) in [6, 6.07) is 2.44. The number of hydrogen-bond donors (Lipinski definition) is 2. The molecule has 0 saturated carbocycles. The molecular formula is C11H11Cl2N3O2. The molecule has 0 atom stereocenters. The Morgan fingerprint density at radius 3 is 2.61 bits per heavy atom. The largest absolute Gasteiger partial charge is 0.486 e. The van der Waals surface area contributed by atoms with Crippen molar-refractivity contribution in [2.24, 2.45) is 10.8 Å². The number of hydrogen-bond acceptors (Lipinski definition) is 3. The van der Waals surface area contributed by atoms with E-state index in [1.165, 1.54) is 6.21 Å². The third-order valence-corrected chi connectivity index (χ3v) is 2.32. The average Bonchev–Trinajstić information content (AvgIpc) is 2.27. The Balaban J connectivity index is 2.88. The zero-order valence-corrected chi connectivity index (χ0v) is 10.8. The maximum Gasteiger partial charge on any atom is 0.332 e. The van der Waals surface area contributed by atoms with Crippen LogP contribution in [0.2, 0.25) is 10.0 Å². The molecule has 0 aliphatic rings. The summed E-state index contributed by atoms with van der Waals surface area (Å²) in [6.45, 7) is 3.83. The number of hydrazone groups is 1. The number of rotatable bonds is 5. The maximum atomic E-state index is 10.4. The van der Waals surface area contributed by atoms with Crippen LogP contribution in [0.25, 0.3) is 0 Å². The monoisotopic (exact) mass is 287 g/mol. The Kier molecular flexibility index (Phi) is 5.48. The molecule has 0 aliphatic carbocycles. The average molecular weight is 288 g/mol. The summed E-state index contributed by atoms with van der Waals surface area (Å²) in [5.74, 6) is 0.373. The number of primary amides is 1. The van der Waals surface area contributed by atoms with Gasteiger partial charge in [0.25, 0.3) is 0 Å². The molecule has 1 aromatic rings. The highest BCUT2D eigenvalue weighted by Crippen LogP contribution is 2.33. The first kappa shape index (κ1) is 14.3. The Hall–Kier alpha value is -1.72. The Bertz CT molecular complexity index is 466. The Morgan fingerprint density at radius 1 is 1.50 bits per heavy atom. The number of ether oxygens (including phenoxy) is 1. The lowest BCUT2D eigenvalue weighted by atomic mass is 10.2. The van der Waals surface area contributed by atoms with Crippen LogP contribution in [0.3, 0.4) is 0 Å². The molecule has 1 rings (SSSR count). The SMILES string of the molecule is C=CCOc1c(Cl)cc(C=NNC(N)=O)cc1Cl. The highest BCUT2D eigenvalue weighted by Gasteiger charge is 2.08. The van der Waals surface area contributed by atoms with Crippen LogP contribution < -0.4 is 15.9 Å². The van der Waals surface area contributed by atoms with Gasteiger partial charge in [-0.1, -0.05) is 35.9 Å². The van der Waals surface area contributed by atoms with E-state index >= 15 is 0 Å². The number of carbonyl (C=O) groups is 1. The van der Waals surface area contributed by atoms with Gasteiger partial charge in [-0.05, 0) is 17.7 Å². The minimum atomic E-state index is -0.755. The normalized spacial score (nSPS) is 10.3. The van der Waals surface area contributed by atoms with Crippen molar-refractivity contribution in [3.8, 4) is 5.75 Å². The van der Waals surface area contributed by atoms with Crippen molar-refractivity contribution in [3.63, 3.8) is 0 Å². The summed E-state index contributed by atoms with van der Waals surface area (Å²) in [5, 5.41) is 4.27. The van der Waals surface area contributed by atoms with E-state index in [9.17, 15) is 4.79 Å². The predicted molar refractivity (Wildman–Crippen MR) is 72.5 cm³/mol. The molecule has 18 heavy (non-hydrogen) atoms. The molecule has 2 amide bonds. The van der Waals surface area contributed by atoms with Gasteiger partial charge in [0.15, 0.2) is 5.75 Å². The topological polar surface area (TPSA) is 76.7 Å². The zero-order valence-electron chi connectivity index (χ0n) is 9.32. The zero-order chi connectivity index (χ0) is 13.5. The number of urea groups is 1. The van der Waals surface area contributed by atoms with Gasteiger partial charge in [0.2, 0.25) is 0 Å². The maximum absolute atomic E-state index is 10.4. The fourth-order valence-electron chi connectivity index (χ4n) is 1.10. The third kappa shape index (κ3) is 4.27. The predicted octanol–water partition coefficient (Wildman–Crippen LogP) is 2.56. The smallest absolute Gasteiger partial charge is 0.332 e. The van der Waals surface area contributed by atoms with Crippen molar-refractivity contribution in [1.82, 2.24) is 5.43 Å². The summed E-state index contributed by atoms with van der Waals surface area (Å²) in [5.41, 5.74) is 7.51. The lowest BCUT2D eigenvalue weighted by molar-refractivity contribution is 0.249. The van der Waals surface area contributed by atoms with Crippen molar-refractivity contribution in [1.29, 1.82) is 0 Å². The molecule has 5 nitrogen and oxygen atoms in total. The number of amides is 2. The van der Waals surface area contributed by atoms with Crippen molar-refractivity contribution in [3.05, 3.63) is 40.4 Å². The molecule has 0 fully saturated rings. The second kappa shape index (κ2) is 6.88. The van der Waals surface area contributed by atoms with E-state index in [1.807, 2.05) is 0 Å². The van der Waals surface area contributed by atoms with Crippen LogP contribution >= 0.6 is 23.2 Å². The number of carbonyl (C=O) groups excluding carboxylic acids is 1. The Morgan fingerprint density at radius 2 is 2.11 bits per heavy atom. The molecule has 0 unspecified atom stereocenters. The number of nitrogens with zero attached hydrogens (tertiary/aromatic N) is 1. The van der Waals surface area contributed by atoms with Gasteiger partial charge in [-0.3, -0.25) is 0 Å². The quantitative estimate of drug-likeness (QED) is 0.496. The van der Waals surface area contributed by atoms with E-state index in [4.69, 9.17) is 33.7 Å². The van der Waals surface area contributed by atoms with Crippen LogP contribution in [0.1, 0.15) is 5.56 Å². The molecule has 0 heterocycles. The minimum Gasteiger partial charge on any atom is -0.486 e. The van der Waals surface area contributed by atoms with Gasteiger partial charge in [0, 0.05) is 0 Å². The van der Waals surface area contributed by atoms with E-state index in [-0.39, 0.29) is 0 Å². The highest BCUT2D eigenvalue weighted by atomic mass is 35.5. The standard InChI is InChI=1S/C11H11Cl2N3O2/c1-2-3-18-10-8(12)4-7(5-9(10)13)6-15-16-11(14)17/h2,4-6H,1,3H2,(H3,14,16,17). The Labute approximate surface area is 114 Å². The van der Waals surface area contributed by atoms with Crippen molar-refractivity contribution < 1.29 is 9.53 Å². The van der Waals surface area contributed by atoms with E-state index in [1.54, 1.807) is 18.2 Å².